The number of hydrogen-bond donors (Lipinski definition) is 1. The summed E-state index contributed by atoms with van der Waals surface area (Å²) >= 11 is 4.53. The van der Waals surface area contributed by atoms with Crippen LogP contribution in [-0.4, -0.2) is 5.25 Å². The Bertz CT molecular complexity index is 74.6. The third-order valence-corrected chi connectivity index (χ3v) is 3.15. The molecule has 9 heavy (non-hydrogen) atoms. The van der Waals surface area contributed by atoms with Crippen molar-refractivity contribution in [1.82, 2.24) is 0 Å². The van der Waals surface area contributed by atoms with Gasteiger partial charge in [-0.05, 0) is 25.2 Å². The summed E-state index contributed by atoms with van der Waals surface area (Å²) in [6.45, 7) is 2.23. The molecule has 1 rings (SSSR count). The van der Waals surface area contributed by atoms with Gasteiger partial charge in [-0.2, -0.15) is 12.6 Å². The Hall–Kier alpha value is 0.350. The molecule has 0 aromatic heterocycles. The lowest BCUT2D eigenvalue weighted by Gasteiger charge is -2.14. The Morgan fingerprint density at radius 2 is 2.00 bits per heavy atom. The zero-order valence-electron chi connectivity index (χ0n) is 6.14. The number of rotatable bonds is 2. The molecule has 0 aromatic carbocycles. The Morgan fingerprint density at radius 1 is 1.44 bits per heavy atom. The predicted octanol–water partition coefficient (Wildman–Crippen LogP) is 2.89. The third-order valence-electron chi connectivity index (χ3n) is 2.36. The monoisotopic (exact) mass is 144 g/mol. The Balaban J connectivity index is 2.24. The maximum Gasteiger partial charge on any atom is 0.00424 e. The molecule has 0 bridgehead atoms. The largest absolute Gasteiger partial charge is 0.176 e. The Morgan fingerprint density at radius 3 is 2.44 bits per heavy atom. The zero-order chi connectivity index (χ0) is 6.69. The summed E-state index contributed by atoms with van der Waals surface area (Å²) < 4.78 is 0. The molecule has 1 fully saturated rings. The fourth-order valence-electron chi connectivity index (χ4n) is 1.68. The topological polar surface area (TPSA) is 0 Å². The van der Waals surface area contributed by atoms with Crippen molar-refractivity contribution in [1.29, 1.82) is 0 Å². The van der Waals surface area contributed by atoms with Gasteiger partial charge in [0.25, 0.3) is 0 Å². The van der Waals surface area contributed by atoms with Gasteiger partial charge >= 0.3 is 0 Å². The van der Waals surface area contributed by atoms with Crippen LogP contribution in [0.15, 0.2) is 0 Å². The minimum Gasteiger partial charge on any atom is -0.176 e. The minimum atomic E-state index is 0.688. The summed E-state index contributed by atoms with van der Waals surface area (Å²) in [5, 5.41) is 0.688. The molecule has 1 aliphatic carbocycles. The molecule has 0 aliphatic heterocycles. The quantitative estimate of drug-likeness (QED) is 0.566. The standard InChI is InChI=1S/C8H16S/c1-2-8(9)7-5-3-4-6-7/h7-9H,2-6H2,1H3/t8-/m1/s1. The summed E-state index contributed by atoms with van der Waals surface area (Å²) in [6.07, 6.45) is 7.00. The molecular formula is C8H16S. The highest BCUT2D eigenvalue weighted by Crippen LogP contribution is 2.31. The molecule has 0 radical (unpaired) electrons. The van der Waals surface area contributed by atoms with Gasteiger partial charge in [-0.15, -0.1) is 0 Å². The van der Waals surface area contributed by atoms with Crippen LogP contribution < -0.4 is 0 Å². The van der Waals surface area contributed by atoms with E-state index in [1.165, 1.54) is 32.1 Å². The van der Waals surface area contributed by atoms with Gasteiger partial charge in [0.05, 0.1) is 0 Å². The summed E-state index contributed by atoms with van der Waals surface area (Å²) in [4.78, 5) is 0. The smallest absolute Gasteiger partial charge is 0.00424 e. The van der Waals surface area contributed by atoms with E-state index < -0.39 is 0 Å². The lowest BCUT2D eigenvalue weighted by Crippen LogP contribution is -2.09. The first kappa shape index (κ1) is 7.46. The molecule has 0 unspecified atom stereocenters. The van der Waals surface area contributed by atoms with Crippen LogP contribution in [0.5, 0.6) is 0 Å². The van der Waals surface area contributed by atoms with Crippen molar-refractivity contribution in [2.24, 2.45) is 5.92 Å². The van der Waals surface area contributed by atoms with Crippen LogP contribution in [0.25, 0.3) is 0 Å². The highest BCUT2D eigenvalue weighted by Gasteiger charge is 2.20. The summed E-state index contributed by atoms with van der Waals surface area (Å²) in [5.74, 6) is 0.943. The molecule has 1 atom stereocenters. The van der Waals surface area contributed by atoms with Gasteiger partial charge in [0.1, 0.15) is 0 Å². The van der Waals surface area contributed by atoms with Crippen molar-refractivity contribution in [3.63, 3.8) is 0 Å². The van der Waals surface area contributed by atoms with E-state index in [0.717, 1.165) is 5.92 Å². The van der Waals surface area contributed by atoms with E-state index >= 15 is 0 Å². The van der Waals surface area contributed by atoms with Crippen molar-refractivity contribution >= 4 is 12.6 Å². The fraction of sp³-hybridized carbons (Fsp3) is 1.00. The molecule has 1 heteroatoms. The van der Waals surface area contributed by atoms with Gasteiger partial charge in [0.2, 0.25) is 0 Å². The molecule has 0 aromatic rings. The molecule has 0 heterocycles. The second kappa shape index (κ2) is 3.50. The van der Waals surface area contributed by atoms with Crippen molar-refractivity contribution in [2.75, 3.05) is 0 Å². The van der Waals surface area contributed by atoms with Crippen LogP contribution in [0.4, 0.5) is 0 Å². The average Bonchev–Trinajstić information content (AvgIpc) is 2.37. The van der Waals surface area contributed by atoms with Gasteiger partial charge in [0, 0.05) is 5.25 Å². The zero-order valence-corrected chi connectivity index (χ0v) is 7.03. The first-order chi connectivity index (χ1) is 4.34. The van der Waals surface area contributed by atoms with Gasteiger partial charge in [-0.3, -0.25) is 0 Å². The van der Waals surface area contributed by atoms with Crippen molar-refractivity contribution in [2.45, 2.75) is 44.3 Å². The highest BCUT2D eigenvalue weighted by atomic mass is 32.1. The number of hydrogen-bond acceptors (Lipinski definition) is 1. The average molecular weight is 144 g/mol. The first-order valence-electron chi connectivity index (χ1n) is 4.02. The second-order valence-corrected chi connectivity index (χ2v) is 3.68. The van der Waals surface area contributed by atoms with E-state index in [0.29, 0.717) is 5.25 Å². The summed E-state index contributed by atoms with van der Waals surface area (Å²) in [5.41, 5.74) is 0. The lowest BCUT2D eigenvalue weighted by atomic mass is 10.0. The maximum absolute atomic E-state index is 4.53. The van der Waals surface area contributed by atoms with E-state index in [1.54, 1.807) is 0 Å². The fourth-order valence-corrected chi connectivity index (χ4v) is 1.97. The molecule has 1 aliphatic rings. The van der Waals surface area contributed by atoms with Gasteiger partial charge in [-0.1, -0.05) is 19.8 Å². The Kier molecular flexibility index (Phi) is 2.90. The Labute approximate surface area is 63.4 Å². The van der Waals surface area contributed by atoms with Crippen LogP contribution >= 0.6 is 12.6 Å². The minimum absolute atomic E-state index is 0.688. The molecule has 54 valence electrons. The van der Waals surface area contributed by atoms with E-state index in [1.807, 2.05) is 0 Å². The summed E-state index contributed by atoms with van der Waals surface area (Å²) in [7, 11) is 0. The molecule has 0 spiro atoms. The van der Waals surface area contributed by atoms with E-state index in [4.69, 9.17) is 0 Å². The second-order valence-electron chi connectivity index (χ2n) is 3.02. The lowest BCUT2D eigenvalue weighted by molar-refractivity contribution is 0.514. The number of thiol groups is 1. The van der Waals surface area contributed by atoms with E-state index in [2.05, 4.69) is 19.6 Å². The van der Waals surface area contributed by atoms with E-state index in [-0.39, 0.29) is 0 Å². The summed E-state index contributed by atoms with van der Waals surface area (Å²) in [6, 6.07) is 0. The highest BCUT2D eigenvalue weighted by molar-refractivity contribution is 7.81. The molecule has 0 N–H and O–H groups in total. The van der Waals surface area contributed by atoms with E-state index in [9.17, 15) is 0 Å². The molecule has 1 saturated carbocycles. The van der Waals surface area contributed by atoms with Gasteiger partial charge < -0.3 is 0 Å². The molecule has 0 saturated heterocycles. The van der Waals surface area contributed by atoms with Crippen molar-refractivity contribution in [3.05, 3.63) is 0 Å². The van der Waals surface area contributed by atoms with Crippen LogP contribution in [0, 0.1) is 5.92 Å². The van der Waals surface area contributed by atoms with Gasteiger partial charge in [-0.25, -0.2) is 0 Å². The maximum atomic E-state index is 4.53. The van der Waals surface area contributed by atoms with Crippen LogP contribution in [0.3, 0.4) is 0 Å². The normalized spacial score (nSPS) is 24.7. The molecular weight excluding hydrogens is 128 g/mol. The predicted molar refractivity (Wildman–Crippen MR) is 45.0 cm³/mol. The first-order valence-corrected chi connectivity index (χ1v) is 4.54. The van der Waals surface area contributed by atoms with Crippen LogP contribution in [-0.2, 0) is 0 Å². The van der Waals surface area contributed by atoms with Crippen LogP contribution in [0.1, 0.15) is 39.0 Å². The molecule has 0 amide bonds. The SMILES string of the molecule is CC[C@@H](S)C1CCCC1. The molecule has 0 nitrogen and oxygen atoms in total. The van der Waals surface area contributed by atoms with Crippen molar-refractivity contribution in [3.8, 4) is 0 Å². The van der Waals surface area contributed by atoms with Crippen LogP contribution in [0.2, 0.25) is 0 Å². The van der Waals surface area contributed by atoms with Gasteiger partial charge in [0.15, 0.2) is 0 Å². The third kappa shape index (κ3) is 1.89. The van der Waals surface area contributed by atoms with Crippen molar-refractivity contribution < 1.29 is 0 Å².